The van der Waals surface area contributed by atoms with Crippen molar-refractivity contribution in [1.82, 2.24) is 15.5 Å². The van der Waals surface area contributed by atoms with Gasteiger partial charge in [-0.1, -0.05) is 42.5 Å². The molecule has 1 aliphatic heterocycles. The summed E-state index contributed by atoms with van der Waals surface area (Å²) in [7, 11) is 1.78. The van der Waals surface area contributed by atoms with Gasteiger partial charge in [0.1, 0.15) is 0 Å². The predicted molar refractivity (Wildman–Crippen MR) is 128 cm³/mol. The van der Waals surface area contributed by atoms with Crippen LogP contribution in [0, 0.1) is 0 Å². The number of guanidine groups is 1. The second-order valence-electron chi connectivity index (χ2n) is 7.17. The lowest BCUT2D eigenvalue weighted by molar-refractivity contribution is 0.1000. The van der Waals surface area contributed by atoms with Crippen LogP contribution in [0.2, 0.25) is 0 Å². The molecule has 0 radical (unpaired) electrons. The Labute approximate surface area is 190 Å². The van der Waals surface area contributed by atoms with Crippen LogP contribution in [0.25, 0.3) is 0 Å². The normalized spacial score (nSPS) is 15.4. The SMILES string of the molecule is CN=C(NCc1cccc(C(N)=O)c1)NC1CCN(Cc2ccccc2)CC1.I. The van der Waals surface area contributed by atoms with Crippen molar-refractivity contribution in [3.63, 3.8) is 0 Å². The predicted octanol–water partition coefficient (Wildman–Crippen LogP) is 2.73. The molecule has 1 saturated heterocycles. The third kappa shape index (κ3) is 7.32. The highest BCUT2D eigenvalue weighted by molar-refractivity contribution is 14.0. The second-order valence-corrected chi connectivity index (χ2v) is 7.17. The van der Waals surface area contributed by atoms with Crippen LogP contribution in [-0.4, -0.2) is 42.9 Å². The van der Waals surface area contributed by atoms with Crippen LogP contribution in [0.15, 0.2) is 59.6 Å². The first-order chi connectivity index (χ1) is 13.6. The number of nitrogens with zero attached hydrogens (tertiary/aromatic N) is 2. The van der Waals surface area contributed by atoms with E-state index in [1.54, 1.807) is 13.1 Å². The highest BCUT2D eigenvalue weighted by atomic mass is 127. The lowest BCUT2D eigenvalue weighted by Crippen LogP contribution is -2.48. The number of carbonyl (C=O) groups excluding carboxylic acids is 1. The van der Waals surface area contributed by atoms with Crippen molar-refractivity contribution in [2.24, 2.45) is 10.7 Å². The first-order valence-electron chi connectivity index (χ1n) is 9.76. The van der Waals surface area contributed by atoms with Gasteiger partial charge in [0, 0.05) is 44.8 Å². The topological polar surface area (TPSA) is 82.7 Å². The van der Waals surface area contributed by atoms with Crippen LogP contribution < -0.4 is 16.4 Å². The van der Waals surface area contributed by atoms with Crippen molar-refractivity contribution in [3.05, 3.63) is 71.3 Å². The van der Waals surface area contributed by atoms with Gasteiger partial charge in [-0.3, -0.25) is 14.7 Å². The van der Waals surface area contributed by atoms with Gasteiger partial charge in [0.25, 0.3) is 0 Å². The van der Waals surface area contributed by atoms with E-state index in [1.807, 2.05) is 18.2 Å². The number of carbonyl (C=O) groups is 1. The van der Waals surface area contributed by atoms with Crippen LogP contribution in [0.5, 0.6) is 0 Å². The van der Waals surface area contributed by atoms with Gasteiger partial charge < -0.3 is 16.4 Å². The molecule has 0 atom stereocenters. The standard InChI is InChI=1S/C22H29N5O.HI/c1-24-22(25-15-18-8-5-9-19(14-18)21(23)28)26-20-10-12-27(13-11-20)16-17-6-3-2-4-7-17;/h2-9,14,20H,10-13,15-16H2,1H3,(H2,23,28)(H2,24,25,26);1H. The fourth-order valence-electron chi connectivity index (χ4n) is 3.49. The summed E-state index contributed by atoms with van der Waals surface area (Å²) in [6.45, 7) is 3.75. The first kappa shape index (κ1) is 23.2. The molecule has 1 amide bonds. The van der Waals surface area contributed by atoms with Gasteiger partial charge in [-0.25, -0.2) is 0 Å². The maximum Gasteiger partial charge on any atom is 0.248 e. The van der Waals surface area contributed by atoms with E-state index in [4.69, 9.17) is 5.73 Å². The summed E-state index contributed by atoms with van der Waals surface area (Å²) < 4.78 is 0. The van der Waals surface area contributed by atoms with E-state index in [2.05, 4.69) is 50.9 Å². The van der Waals surface area contributed by atoms with E-state index < -0.39 is 5.91 Å². The molecule has 3 rings (SSSR count). The molecule has 2 aromatic rings. The Hall–Kier alpha value is -2.13. The number of amides is 1. The fourth-order valence-corrected chi connectivity index (χ4v) is 3.49. The molecule has 0 unspecified atom stereocenters. The number of hydrogen-bond donors (Lipinski definition) is 3. The summed E-state index contributed by atoms with van der Waals surface area (Å²) in [6, 6.07) is 18.4. The third-order valence-electron chi connectivity index (χ3n) is 5.07. The van der Waals surface area contributed by atoms with Gasteiger partial charge in [0.05, 0.1) is 0 Å². The van der Waals surface area contributed by atoms with Crippen molar-refractivity contribution < 1.29 is 4.79 Å². The van der Waals surface area contributed by atoms with Crippen molar-refractivity contribution in [3.8, 4) is 0 Å². The van der Waals surface area contributed by atoms with Crippen molar-refractivity contribution in [2.45, 2.75) is 32.0 Å². The average Bonchev–Trinajstić information content (AvgIpc) is 2.73. The number of rotatable bonds is 6. The number of primary amides is 1. The Bertz CT molecular complexity index is 804. The number of halogens is 1. The zero-order valence-corrected chi connectivity index (χ0v) is 19.1. The Morgan fingerprint density at radius 3 is 2.45 bits per heavy atom. The molecule has 156 valence electrons. The number of nitrogens with one attached hydrogen (secondary N) is 2. The maximum absolute atomic E-state index is 11.3. The summed E-state index contributed by atoms with van der Waals surface area (Å²) in [4.78, 5) is 18.1. The minimum absolute atomic E-state index is 0. The average molecular weight is 507 g/mol. The quantitative estimate of drug-likeness (QED) is 0.319. The minimum Gasteiger partial charge on any atom is -0.366 e. The van der Waals surface area contributed by atoms with E-state index in [0.717, 1.165) is 44.0 Å². The molecule has 4 N–H and O–H groups in total. The summed E-state index contributed by atoms with van der Waals surface area (Å²) in [5.41, 5.74) is 8.23. The van der Waals surface area contributed by atoms with Crippen LogP contribution in [0.1, 0.15) is 34.3 Å². The second kappa shape index (κ2) is 11.8. The van der Waals surface area contributed by atoms with E-state index in [-0.39, 0.29) is 24.0 Å². The Kier molecular flexibility index (Phi) is 9.40. The molecule has 7 heteroatoms. The first-order valence-corrected chi connectivity index (χ1v) is 9.76. The van der Waals surface area contributed by atoms with E-state index in [9.17, 15) is 4.79 Å². The molecule has 0 saturated carbocycles. The van der Waals surface area contributed by atoms with Crippen molar-refractivity contribution in [2.75, 3.05) is 20.1 Å². The largest absolute Gasteiger partial charge is 0.366 e. The van der Waals surface area contributed by atoms with Gasteiger partial charge in [-0.2, -0.15) is 0 Å². The number of likely N-dealkylation sites (tertiary alicyclic amines) is 1. The fraction of sp³-hybridized carbons (Fsp3) is 0.364. The van der Waals surface area contributed by atoms with Gasteiger partial charge in [0.15, 0.2) is 5.96 Å². The maximum atomic E-state index is 11.3. The van der Waals surface area contributed by atoms with Crippen LogP contribution in [-0.2, 0) is 13.1 Å². The number of aliphatic imine (C=N–C) groups is 1. The molecule has 1 fully saturated rings. The lowest BCUT2D eigenvalue weighted by atomic mass is 10.0. The molecule has 1 heterocycles. The highest BCUT2D eigenvalue weighted by Gasteiger charge is 2.20. The molecule has 2 aromatic carbocycles. The smallest absolute Gasteiger partial charge is 0.248 e. The zero-order chi connectivity index (χ0) is 19.8. The molecular weight excluding hydrogens is 477 g/mol. The van der Waals surface area contributed by atoms with Crippen molar-refractivity contribution in [1.29, 1.82) is 0 Å². The number of piperidine rings is 1. The van der Waals surface area contributed by atoms with Crippen LogP contribution in [0.4, 0.5) is 0 Å². The minimum atomic E-state index is -0.411. The van der Waals surface area contributed by atoms with E-state index >= 15 is 0 Å². The number of benzene rings is 2. The molecule has 6 nitrogen and oxygen atoms in total. The Balaban J connectivity index is 0.00000300. The molecule has 0 bridgehead atoms. The summed E-state index contributed by atoms with van der Waals surface area (Å²) >= 11 is 0. The number of hydrogen-bond acceptors (Lipinski definition) is 3. The molecular formula is C22H30IN5O. The summed E-state index contributed by atoms with van der Waals surface area (Å²) in [5.74, 6) is 0.373. The van der Waals surface area contributed by atoms with Gasteiger partial charge in [-0.15, -0.1) is 24.0 Å². The monoisotopic (exact) mass is 507 g/mol. The van der Waals surface area contributed by atoms with Crippen LogP contribution in [0.3, 0.4) is 0 Å². The molecule has 29 heavy (non-hydrogen) atoms. The molecule has 0 aromatic heterocycles. The third-order valence-corrected chi connectivity index (χ3v) is 5.07. The lowest BCUT2D eigenvalue weighted by Gasteiger charge is -2.33. The molecule has 0 spiro atoms. The molecule has 1 aliphatic rings. The Morgan fingerprint density at radius 1 is 1.10 bits per heavy atom. The van der Waals surface area contributed by atoms with Gasteiger partial charge in [0.2, 0.25) is 5.91 Å². The van der Waals surface area contributed by atoms with Gasteiger partial charge >= 0.3 is 0 Å². The summed E-state index contributed by atoms with van der Waals surface area (Å²) in [6.07, 6.45) is 2.18. The Morgan fingerprint density at radius 2 is 1.79 bits per heavy atom. The summed E-state index contributed by atoms with van der Waals surface area (Å²) in [5, 5.41) is 6.84. The van der Waals surface area contributed by atoms with E-state index in [0.29, 0.717) is 18.2 Å². The van der Waals surface area contributed by atoms with E-state index in [1.165, 1.54) is 5.56 Å². The highest BCUT2D eigenvalue weighted by Crippen LogP contribution is 2.14. The zero-order valence-electron chi connectivity index (χ0n) is 16.8. The number of nitrogens with two attached hydrogens (primary N) is 1. The van der Waals surface area contributed by atoms with Gasteiger partial charge in [-0.05, 0) is 36.1 Å². The molecule has 0 aliphatic carbocycles. The van der Waals surface area contributed by atoms with Crippen molar-refractivity contribution >= 4 is 35.8 Å². The van der Waals surface area contributed by atoms with Crippen LogP contribution >= 0.6 is 24.0 Å².